The Balaban J connectivity index is 2.51. The van der Waals surface area contributed by atoms with Gasteiger partial charge in [-0.15, -0.1) is 0 Å². The molecular weight excluding hydrogens is 311 g/mol. The molecule has 0 radical (unpaired) electrons. The second kappa shape index (κ2) is 6.25. The van der Waals surface area contributed by atoms with Crippen LogP contribution in [0.15, 0.2) is 29.1 Å². The smallest absolute Gasteiger partial charge is 0.146 e. The normalized spacial score (nSPS) is 12.6. The standard InChI is InChI=1S/C13H16BrFN4/c1-3-17-12(9-5-6-16-8-11(9)15)13-10(14)7-18-19(13)4-2/h5-8,12,17H,3-4H2,1-2H3. The number of hydrogen-bond donors (Lipinski definition) is 1. The topological polar surface area (TPSA) is 42.7 Å². The van der Waals surface area contributed by atoms with E-state index in [-0.39, 0.29) is 11.9 Å². The van der Waals surface area contributed by atoms with Crippen LogP contribution in [0.1, 0.15) is 31.1 Å². The van der Waals surface area contributed by atoms with Crippen molar-refractivity contribution in [2.45, 2.75) is 26.4 Å². The molecule has 2 heterocycles. The number of halogens is 2. The number of nitrogens with one attached hydrogen (secondary N) is 1. The molecule has 0 aromatic carbocycles. The minimum absolute atomic E-state index is 0.246. The monoisotopic (exact) mass is 326 g/mol. The predicted molar refractivity (Wildman–Crippen MR) is 75.3 cm³/mol. The van der Waals surface area contributed by atoms with Crippen LogP contribution in [0.25, 0.3) is 0 Å². The summed E-state index contributed by atoms with van der Waals surface area (Å²) in [5.74, 6) is -0.316. The minimum Gasteiger partial charge on any atom is -0.305 e. The summed E-state index contributed by atoms with van der Waals surface area (Å²) in [6, 6.07) is 1.45. The van der Waals surface area contributed by atoms with E-state index in [4.69, 9.17) is 0 Å². The molecule has 19 heavy (non-hydrogen) atoms. The van der Waals surface area contributed by atoms with Crippen molar-refractivity contribution < 1.29 is 4.39 Å². The molecule has 0 aliphatic rings. The van der Waals surface area contributed by atoms with Gasteiger partial charge in [-0.25, -0.2) is 4.39 Å². The predicted octanol–water partition coefficient (Wildman–Crippen LogP) is 2.90. The van der Waals surface area contributed by atoms with Crippen molar-refractivity contribution in [1.29, 1.82) is 0 Å². The van der Waals surface area contributed by atoms with E-state index >= 15 is 0 Å². The number of aromatic nitrogens is 3. The second-order valence-corrected chi connectivity index (χ2v) is 4.94. The van der Waals surface area contributed by atoms with Crippen LogP contribution in [-0.2, 0) is 6.54 Å². The molecule has 0 saturated carbocycles. The summed E-state index contributed by atoms with van der Waals surface area (Å²) in [6.07, 6.45) is 4.58. The molecular formula is C13H16BrFN4. The van der Waals surface area contributed by atoms with Crippen LogP contribution in [0.5, 0.6) is 0 Å². The highest BCUT2D eigenvalue weighted by Gasteiger charge is 2.23. The lowest BCUT2D eigenvalue weighted by atomic mass is 10.0. The number of pyridine rings is 1. The van der Waals surface area contributed by atoms with E-state index in [1.54, 1.807) is 18.5 Å². The zero-order valence-corrected chi connectivity index (χ0v) is 12.5. The quantitative estimate of drug-likeness (QED) is 0.918. The third-order valence-electron chi connectivity index (χ3n) is 2.93. The number of aryl methyl sites for hydroxylation is 1. The lowest BCUT2D eigenvalue weighted by Crippen LogP contribution is -2.26. The Kier molecular flexibility index (Phi) is 4.66. The third kappa shape index (κ3) is 2.84. The minimum atomic E-state index is -0.316. The van der Waals surface area contributed by atoms with Gasteiger partial charge in [-0.2, -0.15) is 5.10 Å². The van der Waals surface area contributed by atoms with Crippen LogP contribution in [0.4, 0.5) is 4.39 Å². The summed E-state index contributed by atoms with van der Waals surface area (Å²) in [4.78, 5) is 3.80. The largest absolute Gasteiger partial charge is 0.305 e. The fraction of sp³-hybridized carbons (Fsp3) is 0.385. The Morgan fingerprint density at radius 1 is 1.42 bits per heavy atom. The summed E-state index contributed by atoms with van der Waals surface area (Å²) in [5.41, 5.74) is 1.50. The third-order valence-corrected chi connectivity index (χ3v) is 3.54. The first-order valence-corrected chi connectivity index (χ1v) is 7.02. The van der Waals surface area contributed by atoms with E-state index in [0.29, 0.717) is 5.56 Å². The molecule has 6 heteroatoms. The maximum absolute atomic E-state index is 14.0. The van der Waals surface area contributed by atoms with E-state index in [1.165, 1.54) is 6.20 Å². The van der Waals surface area contributed by atoms with E-state index in [1.807, 2.05) is 18.5 Å². The van der Waals surface area contributed by atoms with Crippen molar-refractivity contribution in [3.05, 3.63) is 46.2 Å². The summed E-state index contributed by atoms with van der Waals surface area (Å²) in [7, 11) is 0. The van der Waals surface area contributed by atoms with Crippen LogP contribution < -0.4 is 5.32 Å². The molecule has 0 bridgehead atoms. The van der Waals surface area contributed by atoms with Crippen molar-refractivity contribution in [2.75, 3.05) is 6.54 Å². The van der Waals surface area contributed by atoms with Gasteiger partial charge in [0, 0.05) is 18.3 Å². The van der Waals surface area contributed by atoms with Crippen molar-refractivity contribution >= 4 is 15.9 Å². The zero-order valence-electron chi connectivity index (χ0n) is 10.9. The molecule has 0 amide bonds. The summed E-state index contributed by atoms with van der Waals surface area (Å²) < 4.78 is 16.7. The first kappa shape index (κ1) is 14.1. The molecule has 0 saturated heterocycles. The van der Waals surface area contributed by atoms with Gasteiger partial charge in [0.05, 0.1) is 28.6 Å². The van der Waals surface area contributed by atoms with E-state index in [2.05, 4.69) is 31.3 Å². The second-order valence-electron chi connectivity index (χ2n) is 4.08. The van der Waals surface area contributed by atoms with Gasteiger partial charge >= 0.3 is 0 Å². The van der Waals surface area contributed by atoms with Crippen LogP contribution >= 0.6 is 15.9 Å². The Hall–Kier alpha value is -1.27. The van der Waals surface area contributed by atoms with Crippen LogP contribution in [0.3, 0.4) is 0 Å². The molecule has 4 nitrogen and oxygen atoms in total. The molecule has 1 N–H and O–H groups in total. The lowest BCUT2D eigenvalue weighted by molar-refractivity contribution is 0.512. The van der Waals surface area contributed by atoms with Crippen LogP contribution in [0, 0.1) is 5.82 Å². The van der Waals surface area contributed by atoms with Gasteiger partial charge in [-0.05, 0) is 35.5 Å². The fourth-order valence-corrected chi connectivity index (χ4v) is 2.61. The van der Waals surface area contributed by atoms with Crippen LogP contribution in [-0.4, -0.2) is 21.3 Å². The Morgan fingerprint density at radius 3 is 2.84 bits per heavy atom. The zero-order chi connectivity index (χ0) is 13.8. The van der Waals surface area contributed by atoms with E-state index in [0.717, 1.165) is 23.3 Å². The molecule has 102 valence electrons. The van der Waals surface area contributed by atoms with Crippen LogP contribution in [0.2, 0.25) is 0 Å². The van der Waals surface area contributed by atoms with Crippen molar-refractivity contribution in [1.82, 2.24) is 20.1 Å². The maximum atomic E-state index is 14.0. The van der Waals surface area contributed by atoms with Gasteiger partial charge in [-0.3, -0.25) is 9.67 Å². The van der Waals surface area contributed by atoms with Gasteiger partial charge in [0.25, 0.3) is 0 Å². The molecule has 0 aliphatic heterocycles. The van der Waals surface area contributed by atoms with Gasteiger partial charge < -0.3 is 5.32 Å². The number of rotatable bonds is 5. The summed E-state index contributed by atoms with van der Waals surface area (Å²) in [6.45, 7) is 5.46. The highest BCUT2D eigenvalue weighted by Crippen LogP contribution is 2.29. The molecule has 1 atom stereocenters. The molecule has 0 aliphatic carbocycles. The van der Waals surface area contributed by atoms with Crippen molar-refractivity contribution in [3.63, 3.8) is 0 Å². The van der Waals surface area contributed by atoms with Crippen molar-refractivity contribution in [3.8, 4) is 0 Å². The first-order valence-electron chi connectivity index (χ1n) is 6.23. The lowest BCUT2D eigenvalue weighted by Gasteiger charge is -2.20. The average molecular weight is 327 g/mol. The number of hydrogen-bond acceptors (Lipinski definition) is 3. The fourth-order valence-electron chi connectivity index (χ4n) is 2.09. The molecule has 0 fully saturated rings. The maximum Gasteiger partial charge on any atom is 0.146 e. The van der Waals surface area contributed by atoms with E-state index < -0.39 is 0 Å². The molecule has 2 rings (SSSR count). The molecule has 2 aromatic rings. The Morgan fingerprint density at radius 2 is 2.21 bits per heavy atom. The van der Waals surface area contributed by atoms with Gasteiger partial charge in [-0.1, -0.05) is 6.92 Å². The first-order chi connectivity index (χ1) is 9.19. The van der Waals surface area contributed by atoms with Crippen molar-refractivity contribution in [2.24, 2.45) is 0 Å². The average Bonchev–Trinajstić information content (AvgIpc) is 2.78. The van der Waals surface area contributed by atoms with Gasteiger partial charge in [0.2, 0.25) is 0 Å². The van der Waals surface area contributed by atoms with Gasteiger partial charge in [0.15, 0.2) is 0 Å². The number of nitrogens with zero attached hydrogens (tertiary/aromatic N) is 3. The molecule has 1 unspecified atom stereocenters. The Bertz CT molecular complexity index is 555. The summed E-state index contributed by atoms with van der Waals surface area (Å²) in [5, 5.41) is 7.58. The van der Waals surface area contributed by atoms with E-state index in [9.17, 15) is 4.39 Å². The molecule has 2 aromatic heterocycles. The Labute approximate surface area is 120 Å². The summed E-state index contributed by atoms with van der Waals surface area (Å²) >= 11 is 3.49. The SMILES string of the molecule is CCNC(c1ccncc1F)c1c(Br)cnn1CC. The molecule has 0 spiro atoms. The highest BCUT2D eigenvalue weighted by atomic mass is 79.9. The highest BCUT2D eigenvalue weighted by molar-refractivity contribution is 9.10. The van der Waals surface area contributed by atoms with Gasteiger partial charge in [0.1, 0.15) is 5.82 Å².